The van der Waals surface area contributed by atoms with Crippen molar-refractivity contribution < 1.29 is 19.0 Å². The Balaban J connectivity index is 1.78. The SMILES string of the molecule is COc1cc(OC)cc(/C(O)=C2/C=Cc3ncc(-c4cnn(C)c4)nc3N2CCO[Si-](C)(C)C(C)(C)C)c1. The molecule has 4 rings (SSSR count). The highest BCUT2D eigenvalue weighted by molar-refractivity contribution is 6.74. The highest BCUT2D eigenvalue weighted by Gasteiger charge is 2.28. The van der Waals surface area contributed by atoms with Crippen LogP contribution in [-0.2, 0) is 11.5 Å². The first kappa shape index (κ1) is 27.4. The number of aromatic nitrogens is 4. The van der Waals surface area contributed by atoms with Gasteiger partial charge in [0.25, 0.3) is 0 Å². The minimum atomic E-state index is -1.98. The monoisotopic (exact) mass is 535 g/mol. The van der Waals surface area contributed by atoms with Crippen LogP contribution in [0, 0.1) is 0 Å². The Kier molecular flexibility index (Phi) is 7.66. The predicted octanol–water partition coefficient (Wildman–Crippen LogP) is 5.68. The molecule has 0 aliphatic carbocycles. The van der Waals surface area contributed by atoms with Crippen LogP contribution >= 0.6 is 0 Å². The van der Waals surface area contributed by atoms with Gasteiger partial charge in [-0.15, -0.1) is 18.1 Å². The molecule has 0 spiro atoms. The Morgan fingerprint density at radius 3 is 2.29 bits per heavy atom. The van der Waals surface area contributed by atoms with Crippen LogP contribution in [0.1, 0.15) is 32.0 Å². The van der Waals surface area contributed by atoms with Gasteiger partial charge >= 0.3 is 0 Å². The van der Waals surface area contributed by atoms with Crippen molar-refractivity contribution in [2.24, 2.45) is 7.05 Å². The molecule has 10 heteroatoms. The molecule has 0 fully saturated rings. The lowest BCUT2D eigenvalue weighted by Gasteiger charge is -2.48. The lowest BCUT2D eigenvalue weighted by Crippen LogP contribution is -2.43. The number of aryl methyl sites for hydroxylation is 1. The fourth-order valence-electron chi connectivity index (χ4n) is 3.89. The number of hydrogen-bond donors (Lipinski definition) is 1. The average molecular weight is 536 g/mol. The number of aliphatic hydroxyl groups excluding tert-OH is 1. The van der Waals surface area contributed by atoms with Gasteiger partial charge in [0, 0.05) is 43.6 Å². The van der Waals surface area contributed by atoms with E-state index in [1.165, 1.54) is 0 Å². The van der Waals surface area contributed by atoms with E-state index in [0.29, 0.717) is 53.1 Å². The van der Waals surface area contributed by atoms with Crippen LogP contribution in [0.2, 0.25) is 18.1 Å². The van der Waals surface area contributed by atoms with Crippen molar-refractivity contribution in [1.82, 2.24) is 19.7 Å². The lowest BCUT2D eigenvalue weighted by molar-refractivity contribution is 0.296. The summed E-state index contributed by atoms with van der Waals surface area (Å²) in [4.78, 5) is 11.6. The Hall–Kier alpha value is -3.63. The summed E-state index contributed by atoms with van der Waals surface area (Å²) in [6, 6.07) is 5.32. The number of aliphatic hydroxyl groups is 1. The predicted molar refractivity (Wildman–Crippen MR) is 153 cm³/mol. The third-order valence-electron chi connectivity index (χ3n) is 7.18. The van der Waals surface area contributed by atoms with Gasteiger partial charge in [0.05, 0.1) is 38.0 Å². The Labute approximate surface area is 225 Å². The highest BCUT2D eigenvalue weighted by Crippen LogP contribution is 2.38. The normalized spacial score (nSPS) is 14.9. The van der Waals surface area contributed by atoms with Crippen molar-refractivity contribution in [1.29, 1.82) is 0 Å². The molecule has 0 unspecified atom stereocenters. The van der Waals surface area contributed by atoms with Gasteiger partial charge in [-0.3, -0.25) is 9.67 Å². The fraction of sp³-hybridized carbons (Fsp3) is 0.393. The smallest absolute Gasteiger partial charge is 0.159 e. The molecule has 1 N–H and O–H groups in total. The van der Waals surface area contributed by atoms with Crippen LogP contribution in [0.15, 0.2) is 48.6 Å². The van der Waals surface area contributed by atoms with Gasteiger partial charge in [0.1, 0.15) is 23.0 Å². The summed E-state index contributed by atoms with van der Waals surface area (Å²) in [5, 5.41) is 15.9. The zero-order valence-corrected chi connectivity index (χ0v) is 24.4. The molecule has 0 saturated heterocycles. The molecule has 38 heavy (non-hydrogen) atoms. The van der Waals surface area contributed by atoms with Gasteiger partial charge in [0.2, 0.25) is 0 Å². The number of nitrogens with zero attached hydrogens (tertiary/aromatic N) is 5. The number of benzene rings is 1. The number of rotatable bonds is 8. The third kappa shape index (κ3) is 5.61. The van der Waals surface area contributed by atoms with Crippen molar-refractivity contribution in [2.75, 3.05) is 32.3 Å². The second kappa shape index (κ2) is 10.6. The summed E-state index contributed by atoms with van der Waals surface area (Å²) < 4.78 is 19.1. The van der Waals surface area contributed by atoms with E-state index in [1.54, 1.807) is 49.5 Å². The number of anilines is 1. The first-order valence-corrected chi connectivity index (χ1v) is 15.5. The quantitative estimate of drug-likeness (QED) is 0.291. The zero-order valence-electron chi connectivity index (χ0n) is 23.4. The molecule has 203 valence electrons. The maximum absolute atomic E-state index is 11.5. The topological polar surface area (TPSA) is 94.8 Å². The molecule has 0 radical (unpaired) electrons. The minimum Gasteiger partial charge on any atom is -0.563 e. The second-order valence-corrected chi connectivity index (χ2v) is 15.6. The summed E-state index contributed by atoms with van der Waals surface area (Å²) in [6.07, 6.45) is 9.12. The average Bonchev–Trinajstić information content (AvgIpc) is 3.33. The Bertz CT molecular complexity index is 1350. The van der Waals surface area contributed by atoms with E-state index in [-0.39, 0.29) is 10.8 Å². The van der Waals surface area contributed by atoms with Crippen LogP contribution in [-0.4, -0.2) is 60.5 Å². The van der Waals surface area contributed by atoms with Crippen molar-refractivity contribution in [2.45, 2.75) is 38.9 Å². The first-order chi connectivity index (χ1) is 17.9. The van der Waals surface area contributed by atoms with Gasteiger partial charge in [-0.1, -0.05) is 20.8 Å². The number of fused-ring (bicyclic) bond motifs is 1. The minimum absolute atomic E-state index is 0.0741. The second-order valence-electron chi connectivity index (χ2n) is 10.8. The zero-order chi connectivity index (χ0) is 27.7. The van der Waals surface area contributed by atoms with Crippen LogP contribution in [0.25, 0.3) is 23.1 Å². The summed E-state index contributed by atoms with van der Waals surface area (Å²) in [5.74, 6) is 1.88. The van der Waals surface area contributed by atoms with E-state index in [4.69, 9.17) is 18.9 Å². The van der Waals surface area contributed by atoms with Gasteiger partial charge in [-0.05, 0) is 32.6 Å². The van der Waals surface area contributed by atoms with Gasteiger partial charge in [-0.25, -0.2) is 4.98 Å². The summed E-state index contributed by atoms with van der Waals surface area (Å²) in [6.45, 7) is 12.1. The van der Waals surface area contributed by atoms with E-state index in [2.05, 4.69) is 43.9 Å². The number of hydrogen-bond acceptors (Lipinski definition) is 8. The largest absolute Gasteiger partial charge is 0.563 e. The molecule has 0 bridgehead atoms. The van der Waals surface area contributed by atoms with E-state index in [1.807, 2.05) is 30.3 Å². The molecule has 1 aliphatic rings. The third-order valence-corrected chi connectivity index (χ3v) is 11.7. The first-order valence-electron chi connectivity index (χ1n) is 12.6. The van der Waals surface area contributed by atoms with Crippen LogP contribution in [0.3, 0.4) is 0 Å². The highest BCUT2D eigenvalue weighted by atomic mass is 28.4. The molecule has 1 aliphatic heterocycles. The van der Waals surface area contributed by atoms with Crippen molar-refractivity contribution in [3.8, 4) is 22.8 Å². The van der Waals surface area contributed by atoms with E-state index < -0.39 is 8.32 Å². The van der Waals surface area contributed by atoms with Crippen molar-refractivity contribution in [3.05, 3.63) is 59.8 Å². The molecule has 3 heterocycles. The molecule has 9 nitrogen and oxygen atoms in total. The Morgan fingerprint density at radius 2 is 1.71 bits per heavy atom. The van der Waals surface area contributed by atoms with Gasteiger partial charge in [-0.2, -0.15) is 5.10 Å². The van der Waals surface area contributed by atoms with E-state index in [0.717, 1.165) is 5.56 Å². The summed E-state index contributed by atoms with van der Waals surface area (Å²) in [5.41, 5.74) is 3.43. The molecule has 1 aromatic carbocycles. The fourth-order valence-corrected chi connectivity index (χ4v) is 4.93. The molecule has 0 atom stereocenters. The molecule has 2 aromatic heterocycles. The lowest BCUT2D eigenvalue weighted by atomic mass is 10.1. The summed E-state index contributed by atoms with van der Waals surface area (Å²) in [7, 11) is 3.05. The van der Waals surface area contributed by atoms with Gasteiger partial charge in [0.15, 0.2) is 5.82 Å². The van der Waals surface area contributed by atoms with Crippen LogP contribution < -0.4 is 14.4 Å². The number of ether oxygens (including phenoxy) is 2. The summed E-state index contributed by atoms with van der Waals surface area (Å²) >= 11 is 0. The van der Waals surface area contributed by atoms with Crippen molar-refractivity contribution >= 4 is 26.0 Å². The standard InChI is InChI=1S/C28H37N5O4Si/c1-28(2,3)38(7,8)37-12-11-33-25(26(34)19-13-21(35-5)15-22(14-19)36-6)10-9-23-27(33)31-24(17-29-23)20-16-30-32(4)18-20/h9-10,13-18,34H,11-12H2,1-8H3/q-1/b26-25+. The molecule has 3 aromatic rings. The van der Waals surface area contributed by atoms with Crippen molar-refractivity contribution in [3.63, 3.8) is 0 Å². The van der Waals surface area contributed by atoms with E-state index >= 15 is 0 Å². The number of methoxy groups -OCH3 is 2. The Morgan fingerprint density at radius 1 is 1.03 bits per heavy atom. The van der Waals surface area contributed by atoms with E-state index in [9.17, 15) is 5.11 Å². The number of allylic oxidation sites excluding steroid dienone is 1. The van der Waals surface area contributed by atoms with Crippen LogP contribution in [0.4, 0.5) is 5.82 Å². The molecular formula is C28H37N5O4Si-. The van der Waals surface area contributed by atoms with Crippen LogP contribution in [0.5, 0.6) is 11.5 Å². The molecular weight excluding hydrogens is 498 g/mol. The maximum atomic E-state index is 11.5. The maximum Gasteiger partial charge on any atom is 0.159 e. The van der Waals surface area contributed by atoms with Gasteiger partial charge < -0.3 is 23.9 Å². The molecule has 0 saturated carbocycles. The molecule has 0 amide bonds.